The summed E-state index contributed by atoms with van der Waals surface area (Å²) in [6.07, 6.45) is 8.70. The van der Waals surface area contributed by atoms with Crippen molar-refractivity contribution in [2.24, 2.45) is 7.05 Å². The van der Waals surface area contributed by atoms with Gasteiger partial charge in [0.2, 0.25) is 0 Å². The molecular formula is C11H13BrN2. The summed E-state index contributed by atoms with van der Waals surface area (Å²) in [5.41, 5.74) is 3.68. The monoisotopic (exact) mass is 252 g/mol. The summed E-state index contributed by atoms with van der Waals surface area (Å²) in [7, 11) is 1.99. The molecule has 0 aliphatic heterocycles. The molecule has 2 rings (SSSR count). The van der Waals surface area contributed by atoms with Crippen LogP contribution in [0, 0.1) is 0 Å². The highest BCUT2D eigenvalue weighted by Crippen LogP contribution is 2.23. The van der Waals surface area contributed by atoms with Crippen LogP contribution in [0.2, 0.25) is 0 Å². The second-order valence-corrected chi connectivity index (χ2v) is 4.00. The maximum absolute atomic E-state index is 4.49. The zero-order valence-corrected chi connectivity index (χ0v) is 9.79. The first-order chi connectivity index (χ1) is 6.81. The maximum atomic E-state index is 4.49. The van der Waals surface area contributed by atoms with E-state index in [4.69, 9.17) is 0 Å². The van der Waals surface area contributed by atoms with Crippen LogP contribution < -0.4 is 0 Å². The van der Waals surface area contributed by atoms with Gasteiger partial charge in [0.05, 0.1) is 5.69 Å². The van der Waals surface area contributed by atoms with Crippen molar-refractivity contribution in [2.75, 3.05) is 0 Å². The number of hydrogen-bond donors (Lipinski definition) is 0. The predicted octanol–water partition coefficient (Wildman–Crippen LogP) is 3.05. The Morgan fingerprint density at radius 3 is 3.00 bits per heavy atom. The molecule has 0 bridgehead atoms. The third kappa shape index (κ3) is 1.82. The zero-order valence-electron chi connectivity index (χ0n) is 8.20. The van der Waals surface area contributed by atoms with Crippen LogP contribution in [0.25, 0.3) is 5.57 Å². The van der Waals surface area contributed by atoms with Crippen molar-refractivity contribution in [1.82, 2.24) is 9.78 Å². The highest BCUT2D eigenvalue weighted by Gasteiger charge is 2.09. The fraction of sp³-hybridized carbons (Fsp3) is 0.364. The molecule has 0 saturated carbocycles. The molecule has 0 spiro atoms. The van der Waals surface area contributed by atoms with Crippen molar-refractivity contribution >= 4 is 21.5 Å². The average Bonchev–Trinajstić information content (AvgIpc) is 2.61. The minimum atomic E-state index is 0.861. The van der Waals surface area contributed by atoms with Crippen molar-refractivity contribution in [3.63, 3.8) is 0 Å². The van der Waals surface area contributed by atoms with Crippen LogP contribution >= 0.6 is 15.9 Å². The largest absolute Gasteiger partial charge is 0.271 e. The van der Waals surface area contributed by atoms with Crippen LogP contribution in [-0.2, 0) is 12.4 Å². The summed E-state index contributed by atoms with van der Waals surface area (Å²) in [5, 5.41) is 5.35. The molecule has 0 saturated heterocycles. The molecule has 0 atom stereocenters. The van der Waals surface area contributed by atoms with Gasteiger partial charge in [0.15, 0.2) is 0 Å². The Kier molecular flexibility index (Phi) is 2.87. The summed E-state index contributed by atoms with van der Waals surface area (Å²) in [6, 6.07) is 2.15. The number of aryl methyl sites for hydroxylation is 1. The zero-order chi connectivity index (χ0) is 9.97. The van der Waals surface area contributed by atoms with Crippen LogP contribution in [0.1, 0.15) is 24.2 Å². The SMILES string of the molecule is Cn1nc(C2=CC=CCC2)cc1CBr. The molecule has 3 heteroatoms. The molecule has 0 fully saturated rings. The lowest BCUT2D eigenvalue weighted by molar-refractivity contribution is 0.732. The van der Waals surface area contributed by atoms with E-state index in [2.05, 4.69) is 45.3 Å². The summed E-state index contributed by atoms with van der Waals surface area (Å²) in [4.78, 5) is 0. The first-order valence-corrected chi connectivity index (χ1v) is 5.88. The van der Waals surface area contributed by atoms with Gasteiger partial charge in [0.25, 0.3) is 0 Å². The van der Waals surface area contributed by atoms with Crippen LogP contribution in [0.5, 0.6) is 0 Å². The molecule has 1 heterocycles. The number of hydrogen-bond acceptors (Lipinski definition) is 1. The molecule has 0 amide bonds. The quantitative estimate of drug-likeness (QED) is 0.741. The van der Waals surface area contributed by atoms with E-state index in [1.54, 1.807) is 0 Å². The average molecular weight is 253 g/mol. The summed E-state index contributed by atoms with van der Waals surface area (Å²) in [6.45, 7) is 0. The molecule has 1 aliphatic carbocycles. The van der Waals surface area contributed by atoms with E-state index in [1.165, 1.54) is 11.3 Å². The minimum Gasteiger partial charge on any atom is -0.271 e. The van der Waals surface area contributed by atoms with Gasteiger partial charge in [-0.15, -0.1) is 0 Å². The van der Waals surface area contributed by atoms with Gasteiger partial charge in [-0.2, -0.15) is 5.10 Å². The van der Waals surface area contributed by atoms with Gasteiger partial charge in [-0.1, -0.05) is 34.2 Å². The van der Waals surface area contributed by atoms with Gasteiger partial charge < -0.3 is 0 Å². The number of halogens is 1. The van der Waals surface area contributed by atoms with Gasteiger partial charge in [-0.3, -0.25) is 4.68 Å². The second kappa shape index (κ2) is 4.13. The molecule has 0 N–H and O–H groups in total. The molecule has 1 aromatic rings. The number of nitrogens with zero attached hydrogens (tertiary/aromatic N) is 2. The van der Waals surface area contributed by atoms with E-state index < -0.39 is 0 Å². The van der Waals surface area contributed by atoms with Gasteiger partial charge >= 0.3 is 0 Å². The fourth-order valence-electron chi connectivity index (χ4n) is 1.60. The van der Waals surface area contributed by atoms with Crippen molar-refractivity contribution in [3.05, 3.63) is 35.7 Å². The Morgan fingerprint density at radius 1 is 1.57 bits per heavy atom. The van der Waals surface area contributed by atoms with Crippen molar-refractivity contribution in [2.45, 2.75) is 18.2 Å². The first-order valence-electron chi connectivity index (χ1n) is 4.76. The van der Waals surface area contributed by atoms with Crippen LogP contribution in [-0.4, -0.2) is 9.78 Å². The topological polar surface area (TPSA) is 17.8 Å². The van der Waals surface area contributed by atoms with Crippen LogP contribution in [0.3, 0.4) is 0 Å². The lowest BCUT2D eigenvalue weighted by Crippen LogP contribution is -1.95. The van der Waals surface area contributed by atoms with Crippen LogP contribution in [0.4, 0.5) is 0 Å². The number of rotatable bonds is 2. The van der Waals surface area contributed by atoms with E-state index >= 15 is 0 Å². The van der Waals surface area contributed by atoms with Crippen molar-refractivity contribution < 1.29 is 0 Å². The number of aromatic nitrogens is 2. The summed E-state index contributed by atoms with van der Waals surface area (Å²) in [5.74, 6) is 0. The number of alkyl halides is 1. The molecule has 14 heavy (non-hydrogen) atoms. The molecule has 1 aromatic heterocycles. The van der Waals surface area contributed by atoms with Gasteiger partial charge in [0, 0.05) is 18.1 Å². The summed E-state index contributed by atoms with van der Waals surface area (Å²) < 4.78 is 1.93. The Hall–Kier alpha value is -0.830. The first kappa shape index (κ1) is 9.71. The Morgan fingerprint density at radius 2 is 2.43 bits per heavy atom. The second-order valence-electron chi connectivity index (χ2n) is 3.44. The molecule has 0 unspecified atom stereocenters. The van der Waals surface area contributed by atoms with E-state index in [0.717, 1.165) is 23.9 Å². The lowest BCUT2D eigenvalue weighted by Gasteiger charge is -2.04. The molecule has 74 valence electrons. The van der Waals surface area contributed by atoms with E-state index in [9.17, 15) is 0 Å². The normalized spacial score (nSPS) is 15.7. The highest BCUT2D eigenvalue weighted by atomic mass is 79.9. The third-order valence-electron chi connectivity index (χ3n) is 2.46. The summed E-state index contributed by atoms with van der Waals surface area (Å²) >= 11 is 3.45. The minimum absolute atomic E-state index is 0.861. The molecule has 0 aromatic carbocycles. The molecule has 1 aliphatic rings. The molecular weight excluding hydrogens is 240 g/mol. The van der Waals surface area contributed by atoms with Crippen molar-refractivity contribution in [1.29, 1.82) is 0 Å². The standard InChI is InChI=1S/C11H13BrN2/c1-14-10(8-12)7-11(13-14)9-5-3-2-4-6-9/h2-3,5,7H,4,6,8H2,1H3. The lowest BCUT2D eigenvalue weighted by atomic mass is 10.0. The number of allylic oxidation sites excluding steroid dienone is 4. The smallest absolute Gasteiger partial charge is 0.0886 e. The Labute approximate surface area is 92.4 Å². The van der Waals surface area contributed by atoms with Crippen LogP contribution in [0.15, 0.2) is 24.3 Å². The van der Waals surface area contributed by atoms with Gasteiger partial charge in [0.1, 0.15) is 0 Å². The van der Waals surface area contributed by atoms with E-state index in [-0.39, 0.29) is 0 Å². The van der Waals surface area contributed by atoms with E-state index in [0.29, 0.717) is 0 Å². The molecule has 2 nitrogen and oxygen atoms in total. The maximum Gasteiger partial charge on any atom is 0.0886 e. The van der Waals surface area contributed by atoms with Gasteiger partial charge in [-0.05, 0) is 24.5 Å². The fourth-order valence-corrected chi connectivity index (χ4v) is 2.13. The van der Waals surface area contributed by atoms with E-state index in [1.807, 2.05) is 11.7 Å². The third-order valence-corrected chi connectivity index (χ3v) is 3.03. The predicted molar refractivity (Wildman–Crippen MR) is 62.2 cm³/mol. The highest BCUT2D eigenvalue weighted by molar-refractivity contribution is 9.08. The van der Waals surface area contributed by atoms with Gasteiger partial charge in [-0.25, -0.2) is 0 Å². The Bertz CT molecular complexity index is 388. The Balaban J connectivity index is 2.32. The molecule has 0 radical (unpaired) electrons. The van der Waals surface area contributed by atoms with Crippen molar-refractivity contribution in [3.8, 4) is 0 Å².